The summed E-state index contributed by atoms with van der Waals surface area (Å²) in [6.07, 6.45) is 4.49. The second-order valence-corrected chi connectivity index (χ2v) is 6.77. The van der Waals surface area contributed by atoms with Crippen LogP contribution >= 0.6 is 0 Å². The van der Waals surface area contributed by atoms with Crippen LogP contribution in [0, 0.1) is 0 Å². The first kappa shape index (κ1) is 17.9. The first-order valence-electron chi connectivity index (χ1n) is 9.37. The van der Waals surface area contributed by atoms with E-state index in [0.717, 1.165) is 28.0 Å². The third kappa shape index (κ3) is 3.78. The summed E-state index contributed by atoms with van der Waals surface area (Å²) >= 11 is 0. The van der Waals surface area contributed by atoms with Gasteiger partial charge in [-0.25, -0.2) is 4.98 Å². The SMILES string of the molecule is Cn1c(CCC(=O)N[C@H](c2ccccc2)c2cccnc2)nc2ccccc21. The molecule has 2 aromatic carbocycles. The maximum atomic E-state index is 12.7. The second-order valence-electron chi connectivity index (χ2n) is 6.77. The van der Waals surface area contributed by atoms with Crippen LogP contribution in [0.1, 0.15) is 29.4 Å². The fraction of sp³-hybridized carbons (Fsp3) is 0.174. The number of para-hydroxylation sites is 2. The molecule has 0 bridgehead atoms. The van der Waals surface area contributed by atoms with Crippen molar-refractivity contribution in [3.05, 3.63) is 96.1 Å². The van der Waals surface area contributed by atoms with E-state index in [1.54, 1.807) is 12.4 Å². The van der Waals surface area contributed by atoms with Crippen LogP contribution in [0.4, 0.5) is 0 Å². The highest BCUT2D eigenvalue weighted by atomic mass is 16.1. The molecule has 2 heterocycles. The number of rotatable bonds is 6. The number of pyridine rings is 1. The van der Waals surface area contributed by atoms with E-state index in [1.807, 2.05) is 73.8 Å². The van der Waals surface area contributed by atoms with E-state index in [-0.39, 0.29) is 11.9 Å². The molecule has 2 aromatic heterocycles. The van der Waals surface area contributed by atoms with E-state index >= 15 is 0 Å². The zero-order valence-electron chi connectivity index (χ0n) is 15.7. The zero-order valence-corrected chi connectivity index (χ0v) is 15.7. The van der Waals surface area contributed by atoms with Crippen molar-refractivity contribution in [3.8, 4) is 0 Å². The maximum Gasteiger partial charge on any atom is 0.221 e. The number of imidazole rings is 1. The minimum atomic E-state index is -0.220. The van der Waals surface area contributed by atoms with E-state index in [1.165, 1.54) is 0 Å². The van der Waals surface area contributed by atoms with Gasteiger partial charge in [-0.2, -0.15) is 0 Å². The highest BCUT2D eigenvalue weighted by Crippen LogP contribution is 2.21. The van der Waals surface area contributed by atoms with Gasteiger partial charge in [0, 0.05) is 32.3 Å². The molecule has 0 aliphatic heterocycles. The number of amides is 1. The Bertz CT molecular complexity index is 1030. The van der Waals surface area contributed by atoms with Crippen LogP contribution in [0.15, 0.2) is 79.1 Å². The lowest BCUT2D eigenvalue weighted by Crippen LogP contribution is -2.29. The number of hydrogen-bond acceptors (Lipinski definition) is 3. The summed E-state index contributed by atoms with van der Waals surface area (Å²) in [5.41, 5.74) is 4.03. The molecule has 0 saturated carbocycles. The van der Waals surface area contributed by atoms with Gasteiger partial charge in [0.05, 0.1) is 17.1 Å². The van der Waals surface area contributed by atoms with Crippen LogP contribution in [0.3, 0.4) is 0 Å². The van der Waals surface area contributed by atoms with Gasteiger partial charge in [0.25, 0.3) is 0 Å². The maximum absolute atomic E-state index is 12.7. The van der Waals surface area contributed by atoms with Crippen molar-refractivity contribution in [3.63, 3.8) is 0 Å². The number of nitrogens with one attached hydrogen (secondary N) is 1. The number of fused-ring (bicyclic) bond motifs is 1. The summed E-state index contributed by atoms with van der Waals surface area (Å²) in [6.45, 7) is 0. The normalized spacial score (nSPS) is 12.0. The second kappa shape index (κ2) is 8.05. The Balaban J connectivity index is 1.49. The van der Waals surface area contributed by atoms with Crippen LogP contribution in [-0.4, -0.2) is 20.4 Å². The number of aryl methyl sites for hydroxylation is 2. The van der Waals surface area contributed by atoms with Gasteiger partial charge >= 0.3 is 0 Å². The van der Waals surface area contributed by atoms with Gasteiger partial charge in [-0.1, -0.05) is 48.5 Å². The minimum Gasteiger partial charge on any atom is -0.345 e. The Hall–Kier alpha value is -3.47. The van der Waals surface area contributed by atoms with E-state index in [9.17, 15) is 4.79 Å². The molecule has 140 valence electrons. The van der Waals surface area contributed by atoms with Crippen LogP contribution in [0.25, 0.3) is 11.0 Å². The quantitative estimate of drug-likeness (QED) is 0.561. The van der Waals surface area contributed by atoms with Crippen molar-refractivity contribution in [2.75, 3.05) is 0 Å². The molecular weight excluding hydrogens is 348 g/mol. The van der Waals surface area contributed by atoms with Gasteiger partial charge in [-0.3, -0.25) is 9.78 Å². The molecule has 5 heteroatoms. The Kier molecular flexibility index (Phi) is 5.15. The number of carbonyl (C=O) groups is 1. The van der Waals surface area contributed by atoms with Crippen molar-refractivity contribution in [2.45, 2.75) is 18.9 Å². The smallest absolute Gasteiger partial charge is 0.221 e. The molecule has 0 unspecified atom stereocenters. The summed E-state index contributed by atoms with van der Waals surface area (Å²) in [4.78, 5) is 21.6. The summed E-state index contributed by atoms with van der Waals surface area (Å²) in [6, 6.07) is 21.6. The molecule has 5 nitrogen and oxygen atoms in total. The van der Waals surface area contributed by atoms with Gasteiger partial charge in [-0.15, -0.1) is 0 Å². The first-order chi connectivity index (χ1) is 13.7. The molecular formula is C23H22N4O. The molecule has 0 aliphatic rings. The fourth-order valence-corrected chi connectivity index (χ4v) is 3.43. The Morgan fingerprint density at radius 3 is 2.50 bits per heavy atom. The highest BCUT2D eigenvalue weighted by Gasteiger charge is 2.17. The third-order valence-electron chi connectivity index (χ3n) is 4.91. The van der Waals surface area contributed by atoms with Crippen LogP contribution < -0.4 is 5.32 Å². The lowest BCUT2D eigenvalue weighted by atomic mass is 10.00. The topological polar surface area (TPSA) is 59.8 Å². The molecule has 1 atom stereocenters. The molecule has 0 radical (unpaired) electrons. The van der Waals surface area contributed by atoms with Gasteiger partial charge in [-0.05, 0) is 29.3 Å². The summed E-state index contributed by atoms with van der Waals surface area (Å²) in [7, 11) is 1.99. The van der Waals surface area contributed by atoms with Crippen molar-refractivity contribution >= 4 is 16.9 Å². The van der Waals surface area contributed by atoms with Crippen LogP contribution in [-0.2, 0) is 18.3 Å². The number of nitrogens with zero attached hydrogens (tertiary/aromatic N) is 3. The molecule has 28 heavy (non-hydrogen) atoms. The van der Waals surface area contributed by atoms with Gasteiger partial charge in [0.1, 0.15) is 5.82 Å². The average Bonchev–Trinajstić information content (AvgIpc) is 3.07. The molecule has 0 saturated heterocycles. The highest BCUT2D eigenvalue weighted by molar-refractivity contribution is 5.78. The summed E-state index contributed by atoms with van der Waals surface area (Å²) in [5.74, 6) is 0.902. The van der Waals surface area contributed by atoms with Gasteiger partial charge in [0.15, 0.2) is 0 Å². The van der Waals surface area contributed by atoms with Crippen molar-refractivity contribution in [2.24, 2.45) is 7.05 Å². The predicted molar refractivity (Wildman–Crippen MR) is 110 cm³/mol. The van der Waals surface area contributed by atoms with Gasteiger partial charge in [0.2, 0.25) is 5.91 Å². The van der Waals surface area contributed by atoms with Crippen molar-refractivity contribution in [1.82, 2.24) is 19.9 Å². The predicted octanol–water partition coefficient (Wildman–Crippen LogP) is 3.81. The number of carbonyl (C=O) groups excluding carboxylic acids is 1. The standard InChI is InChI=1S/C23H22N4O/c1-27-20-12-6-5-11-19(20)25-21(27)13-14-22(28)26-23(17-8-3-2-4-9-17)18-10-7-15-24-16-18/h2-12,15-16,23H,13-14H2,1H3,(H,26,28)/t23-/m1/s1. The van der Waals surface area contributed by atoms with Crippen molar-refractivity contribution in [1.29, 1.82) is 0 Å². The molecule has 4 rings (SSSR count). The summed E-state index contributed by atoms with van der Waals surface area (Å²) in [5, 5.41) is 3.16. The van der Waals surface area contributed by atoms with E-state index in [2.05, 4.69) is 19.9 Å². The van der Waals surface area contributed by atoms with Crippen LogP contribution in [0.2, 0.25) is 0 Å². The molecule has 1 N–H and O–H groups in total. The lowest BCUT2D eigenvalue weighted by molar-refractivity contribution is -0.121. The third-order valence-corrected chi connectivity index (χ3v) is 4.91. The number of hydrogen-bond donors (Lipinski definition) is 1. The monoisotopic (exact) mass is 370 g/mol. The molecule has 0 aliphatic carbocycles. The minimum absolute atomic E-state index is 0.00948. The van der Waals surface area contributed by atoms with E-state index in [4.69, 9.17) is 0 Å². The largest absolute Gasteiger partial charge is 0.345 e. The lowest BCUT2D eigenvalue weighted by Gasteiger charge is -2.19. The Morgan fingerprint density at radius 1 is 1.00 bits per heavy atom. The zero-order chi connectivity index (χ0) is 19.3. The fourth-order valence-electron chi connectivity index (χ4n) is 3.43. The van der Waals surface area contributed by atoms with E-state index in [0.29, 0.717) is 12.8 Å². The van der Waals surface area contributed by atoms with E-state index < -0.39 is 0 Å². The summed E-state index contributed by atoms with van der Waals surface area (Å²) < 4.78 is 2.05. The number of aromatic nitrogens is 3. The molecule has 0 spiro atoms. The number of benzene rings is 2. The Labute approximate surface area is 164 Å². The first-order valence-corrected chi connectivity index (χ1v) is 9.37. The van der Waals surface area contributed by atoms with Crippen molar-refractivity contribution < 1.29 is 4.79 Å². The molecule has 0 fully saturated rings. The van der Waals surface area contributed by atoms with Gasteiger partial charge < -0.3 is 9.88 Å². The average molecular weight is 370 g/mol. The molecule has 4 aromatic rings. The van der Waals surface area contributed by atoms with Crippen LogP contribution in [0.5, 0.6) is 0 Å². The Morgan fingerprint density at radius 2 is 1.75 bits per heavy atom. The molecule has 1 amide bonds.